The second kappa shape index (κ2) is 10.1. The molecule has 2 amide bonds. The maximum atomic E-state index is 13.5. The summed E-state index contributed by atoms with van der Waals surface area (Å²) < 4.78 is 25.3. The highest BCUT2D eigenvalue weighted by atomic mass is 79.9. The van der Waals surface area contributed by atoms with Crippen LogP contribution in [0.3, 0.4) is 0 Å². The molecule has 1 saturated heterocycles. The number of hydrogen-bond donors (Lipinski definition) is 1. The third-order valence-corrected chi connectivity index (χ3v) is 6.07. The van der Waals surface area contributed by atoms with Gasteiger partial charge in [0.2, 0.25) is 0 Å². The number of cyclic esters (lactones) is 1. The molecule has 0 aliphatic carbocycles. The number of halogens is 2. The monoisotopic (exact) mass is 492 g/mol. The molecule has 0 aromatic heterocycles. The van der Waals surface area contributed by atoms with E-state index in [0.29, 0.717) is 24.9 Å². The van der Waals surface area contributed by atoms with E-state index in [1.54, 1.807) is 24.0 Å². The van der Waals surface area contributed by atoms with E-state index in [4.69, 9.17) is 9.47 Å². The Morgan fingerprint density at radius 2 is 1.94 bits per heavy atom. The van der Waals surface area contributed by atoms with Gasteiger partial charge in [-0.1, -0.05) is 40.2 Å². The van der Waals surface area contributed by atoms with Crippen molar-refractivity contribution in [2.45, 2.75) is 38.3 Å². The first-order chi connectivity index (χ1) is 14.8. The summed E-state index contributed by atoms with van der Waals surface area (Å²) in [7, 11) is 0. The van der Waals surface area contributed by atoms with Gasteiger partial charge in [0.05, 0.1) is 12.6 Å². The molecule has 166 valence electrons. The van der Waals surface area contributed by atoms with Gasteiger partial charge in [0.1, 0.15) is 11.4 Å². The van der Waals surface area contributed by atoms with Crippen molar-refractivity contribution in [1.29, 1.82) is 0 Å². The number of rotatable bonds is 7. The Balaban J connectivity index is 1.77. The first-order valence-electron chi connectivity index (χ1n) is 10.3. The van der Waals surface area contributed by atoms with Gasteiger partial charge in [-0.15, -0.1) is 0 Å². The van der Waals surface area contributed by atoms with Crippen molar-refractivity contribution in [3.63, 3.8) is 0 Å². The fraction of sp³-hybridized carbons (Fsp3) is 0.391. The zero-order valence-corrected chi connectivity index (χ0v) is 19.2. The van der Waals surface area contributed by atoms with Crippen molar-refractivity contribution in [3.05, 3.63) is 69.9 Å². The van der Waals surface area contributed by atoms with Gasteiger partial charge in [-0.2, -0.15) is 0 Å². The quantitative estimate of drug-likeness (QED) is 0.552. The standard InChI is InChI=1S/C23H26BrFN2O4/c1-3-30-21(28)26-14-12-23(18-6-10-20(25)11-7-18)13-15-27(22(29)31-23)16(2)17-4-8-19(24)9-5-17/h4-11,16H,3,12-15H2,1-2H3,(H,26,28)/t16-,23?/m0/s1. The van der Waals surface area contributed by atoms with Gasteiger partial charge in [0.25, 0.3) is 0 Å². The molecule has 1 aliphatic heterocycles. The van der Waals surface area contributed by atoms with Crippen LogP contribution in [0, 0.1) is 5.82 Å². The molecule has 1 heterocycles. The van der Waals surface area contributed by atoms with Crippen molar-refractivity contribution in [1.82, 2.24) is 10.2 Å². The fourth-order valence-corrected chi connectivity index (χ4v) is 4.03. The van der Waals surface area contributed by atoms with Crippen LogP contribution < -0.4 is 5.32 Å². The van der Waals surface area contributed by atoms with Crippen molar-refractivity contribution >= 4 is 28.1 Å². The summed E-state index contributed by atoms with van der Waals surface area (Å²) in [5.74, 6) is -0.365. The molecule has 1 unspecified atom stereocenters. The Bertz CT molecular complexity index is 907. The van der Waals surface area contributed by atoms with Crippen LogP contribution >= 0.6 is 15.9 Å². The number of benzene rings is 2. The van der Waals surface area contributed by atoms with E-state index < -0.39 is 17.8 Å². The molecular weight excluding hydrogens is 467 g/mol. The van der Waals surface area contributed by atoms with Gasteiger partial charge in [0, 0.05) is 30.4 Å². The highest BCUT2D eigenvalue weighted by Crippen LogP contribution is 2.39. The van der Waals surface area contributed by atoms with Crippen molar-refractivity contribution in [3.8, 4) is 0 Å². The van der Waals surface area contributed by atoms with E-state index in [1.807, 2.05) is 31.2 Å². The predicted molar refractivity (Wildman–Crippen MR) is 118 cm³/mol. The van der Waals surface area contributed by atoms with Gasteiger partial charge < -0.3 is 19.7 Å². The molecule has 6 nitrogen and oxygen atoms in total. The molecule has 3 rings (SSSR count). The maximum Gasteiger partial charge on any atom is 0.411 e. The number of hydrogen-bond acceptors (Lipinski definition) is 4. The van der Waals surface area contributed by atoms with E-state index in [-0.39, 0.29) is 25.0 Å². The minimum Gasteiger partial charge on any atom is -0.450 e. The van der Waals surface area contributed by atoms with Gasteiger partial charge in [-0.05, 0) is 49.2 Å². The van der Waals surface area contributed by atoms with Crippen LogP contribution in [0.4, 0.5) is 14.0 Å². The molecule has 0 radical (unpaired) electrons. The summed E-state index contributed by atoms with van der Waals surface area (Å²) in [6.45, 7) is 4.67. The fourth-order valence-electron chi connectivity index (χ4n) is 3.77. The normalized spacial score (nSPS) is 19.5. The van der Waals surface area contributed by atoms with E-state index in [1.165, 1.54) is 12.1 Å². The first-order valence-corrected chi connectivity index (χ1v) is 11.1. The average molecular weight is 493 g/mol. The van der Waals surface area contributed by atoms with Crippen LogP contribution in [0.15, 0.2) is 53.0 Å². The summed E-state index contributed by atoms with van der Waals surface area (Å²) >= 11 is 3.42. The summed E-state index contributed by atoms with van der Waals surface area (Å²) in [6.07, 6.45) is -0.106. The number of alkyl carbamates (subject to hydrolysis) is 1. The second-order valence-corrected chi connectivity index (χ2v) is 8.35. The minimum atomic E-state index is -0.958. The Labute approximate surface area is 189 Å². The van der Waals surface area contributed by atoms with Crippen LogP contribution in [0.2, 0.25) is 0 Å². The number of amides is 2. The lowest BCUT2D eigenvalue weighted by molar-refractivity contribution is -0.0648. The largest absolute Gasteiger partial charge is 0.450 e. The molecule has 1 aliphatic rings. The molecule has 2 aromatic rings. The van der Waals surface area contributed by atoms with Crippen LogP contribution in [-0.4, -0.2) is 36.8 Å². The third-order valence-electron chi connectivity index (χ3n) is 5.54. The summed E-state index contributed by atoms with van der Waals surface area (Å²) in [5.41, 5.74) is 0.738. The zero-order chi connectivity index (χ0) is 22.4. The van der Waals surface area contributed by atoms with Crippen LogP contribution in [0.25, 0.3) is 0 Å². The molecule has 2 atom stereocenters. The van der Waals surface area contributed by atoms with E-state index >= 15 is 0 Å². The second-order valence-electron chi connectivity index (χ2n) is 7.44. The van der Waals surface area contributed by atoms with Crippen molar-refractivity contribution in [2.75, 3.05) is 19.7 Å². The molecule has 8 heteroatoms. The zero-order valence-electron chi connectivity index (χ0n) is 17.6. The highest BCUT2D eigenvalue weighted by molar-refractivity contribution is 9.10. The number of nitrogens with one attached hydrogen (secondary N) is 1. The van der Waals surface area contributed by atoms with Gasteiger partial charge in [-0.25, -0.2) is 14.0 Å². The molecule has 2 aromatic carbocycles. The molecular formula is C23H26BrFN2O4. The minimum absolute atomic E-state index is 0.163. The SMILES string of the molecule is CCOC(=O)NCCC1(c2ccc(F)cc2)CCN([C@@H](C)c2ccc(Br)cc2)C(=O)O1. The summed E-state index contributed by atoms with van der Waals surface area (Å²) in [5, 5.41) is 2.67. The smallest absolute Gasteiger partial charge is 0.411 e. The van der Waals surface area contributed by atoms with Crippen LogP contribution in [-0.2, 0) is 15.1 Å². The molecule has 0 spiro atoms. The molecule has 0 bridgehead atoms. The Hall–Kier alpha value is -2.61. The maximum absolute atomic E-state index is 13.5. The van der Waals surface area contributed by atoms with Crippen molar-refractivity contribution < 1.29 is 23.5 Å². The number of ether oxygens (including phenoxy) is 2. The summed E-state index contributed by atoms with van der Waals surface area (Å²) in [6, 6.07) is 13.6. The van der Waals surface area contributed by atoms with E-state index in [0.717, 1.165) is 10.0 Å². The number of carbonyl (C=O) groups is 2. The molecule has 1 fully saturated rings. The molecule has 1 N–H and O–H groups in total. The highest BCUT2D eigenvalue weighted by Gasteiger charge is 2.43. The lowest BCUT2D eigenvalue weighted by Gasteiger charge is -2.43. The van der Waals surface area contributed by atoms with Gasteiger partial charge in [-0.3, -0.25) is 0 Å². The van der Waals surface area contributed by atoms with Gasteiger partial charge >= 0.3 is 12.2 Å². The molecule has 0 saturated carbocycles. The predicted octanol–water partition coefficient (Wildman–Crippen LogP) is 5.52. The van der Waals surface area contributed by atoms with Crippen LogP contribution in [0.1, 0.15) is 43.9 Å². The van der Waals surface area contributed by atoms with Crippen molar-refractivity contribution in [2.24, 2.45) is 0 Å². The van der Waals surface area contributed by atoms with E-state index in [2.05, 4.69) is 21.2 Å². The topological polar surface area (TPSA) is 67.9 Å². The Kier molecular flexibility index (Phi) is 7.54. The summed E-state index contributed by atoms with van der Waals surface area (Å²) in [4.78, 5) is 26.4. The number of nitrogens with zero attached hydrogens (tertiary/aromatic N) is 1. The third kappa shape index (κ3) is 5.55. The number of carbonyl (C=O) groups excluding carboxylic acids is 2. The van der Waals surface area contributed by atoms with Crippen LogP contribution in [0.5, 0.6) is 0 Å². The Morgan fingerprint density at radius 1 is 1.26 bits per heavy atom. The van der Waals surface area contributed by atoms with Gasteiger partial charge in [0.15, 0.2) is 0 Å². The average Bonchev–Trinajstić information content (AvgIpc) is 2.74. The lowest BCUT2D eigenvalue weighted by Crippen LogP contribution is -2.49. The Morgan fingerprint density at radius 3 is 2.55 bits per heavy atom. The lowest BCUT2D eigenvalue weighted by atomic mass is 9.85. The van der Waals surface area contributed by atoms with E-state index in [9.17, 15) is 14.0 Å². The molecule has 31 heavy (non-hydrogen) atoms. The first kappa shape index (κ1) is 23.1.